The van der Waals surface area contributed by atoms with Gasteiger partial charge in [0.1, 0.15) is 5.56 Å². The first-order valence-electron chi connectivity index (χ1n) is 10.00. The van der Waals surface area contributed by atoms with Crippen molar-refractivity contribution >= 4 is 34.2 Å². The number of carbonyl (C=O) groups is 2. The third kappa shape index (κ3) is 3.49. The number of benzene rings is 1. The average Bonchev–Trinajstić information content (AvgIpc) is 3.13. The first-order chi connectivity index (χ1) is 14.4. The zero-order chi connectivity index (χ0) is 21.4. The summed E-state index contributed by atoms with van der Waals surface area (Å²) in [5.74, 6) is -0.471. The molecule has 0 N–H and O–H groups in total. The molecule has 1 aromatic carbocycles. The number of anilines is 2. The maximum atomic E-state index is 13.0. The molecule has 0 radical (unpaired) electrons. The van der Waals surface area contributed by atoms with Crippen molar-refractivity contribution in [1.29, 1.82) is 0 Å². The number of piperazine rings is 1. The van der Waals surface area contributed by atoms with Crippen molar-refractivity contribution in [2.75, 3.05) is 36.0 Å². The molecule has 0 spiro atoms. The number of rotatable bonds is 4. The molecular weight excluding hydrogens is 382 g/mol. The Labute approximate surface area is 175 Å². The molecule has 1 fully saturated rings. The second-order valence-electron chi connectivity index (χ2n) is 7.56. The predicted octanol–water partition coefficient (Wildman–Crippen LogP) is 2.62. The summed E-state index contributed by atoms with van der Waals surface area (Å²) in [6, 6.07) is 4.08. The number of amides is 1. The van der Waals surface area contributed by atoms with Crippen LogP contribution in [0, 0.1) is 13.8 Å². The van der Waals surface area contributed by atoms with E-state index in [1.165, 1.54) is 0 Å². The number of pyridine rings is 1. The van der Waals surface area contributed by atoms with Gasteiger partial charge in [0, 0.05) is 37.9 Å². The van der Waals surface area contributed by atoms with E-state index in [0.717, 1.165) is 27.7 Å². The van der Waals surface area contributed by atoms with Gasteiger partial charge in [-0.25, -0.2) is 4.79 Å². The van der Waals surface area contributed by atoms with Gasteiger partial charge in [0.05, 0.1) is 36.2 Å². The smallest absolute Gasteiger partial charge is 0.341 e. The van der Waals surface area contributed by atoms with E-state index in [4.69, 9.17) is 4.74 Å². The first kappa shape index (κ1) is 19.9. The van der Waals surface area contributed by atoms with Gasteiger partial charge >= 0.3 is 5.97 Å². The Balaban J connectivity index is 1.78. The largest absolute Gasteiger partial charge is 0.462 e. The summed E-state index contributed by atoms with van der Waals surface area (Å²) in [6.07, 6.45) is 5.08. The summed E-state index contributed by atoms with van der Waals surface area (Å²) in [5, 5.41) is 5.02. The maximum absolute atomic E-state index is 13.0. The molecule has 2 aromatic heterocycles. The second kappa shape index (κ2) is 7.78. The van der Waals surface area contributed by atoms with E-state index in [9.17, 15) is 9.59 Å². The van der Waals surface area contributed by atoms with Crippen LogP contribution in [0.5, 0.6) is 0 Å². The van der Waals surface area contributed by atoms with Gasteiger partial charge in [-0.3, -0.25) is 14.5 Å². The van der Waals surface area contributed by atoms with Crippen LogP contribution in [0.1, 0.15) is 28.4 Å². The summed E-state index contributed by atoms with van der Waals surface area (Å²) in [6.45, 7) is 7.31. The Kier molecular flexibility index (Phi) is 5.15. The van der Waals surface area contributed by atoms with Crippen LogP contribution in [0.15, 0.2) is 30.7 Å². The molecule has 1 amide bonds. The van der Waals surface area contributed by atoms with Crippen molar-refractivity contribution in [2.45, 2.75) is 20.8 Å². The van der Waals surface area contributed by atoms with Gasteiger partial charge in [0.15, 0.2) is 0 Å². The van der Waals surface area contributed by atoms with Crippen LogP contribution >= 0.6 is 0 Å². The molecule has 0 atom stereocenters. The van der Waals surface area contributed by atoms with Crippen LogP contribution < -0.4 is 9.80 Å². The fourth-order valence-electron chi connectivity index (χ4n) is 4.03. The molecule has 1 saturated heterocycles. The summed E-state index contributed by atoms with van der Waals surface area (Å²) in [7, 11) is 1.82. The highest BCUT2D eigenvalue weighted by atomic mass is 16.5. The molecular formula is C22H25N5O3. The average molecular weight is 407 g/mol. The highest BCUT2D eigenvalue weighted by molar-refractivity contribution is 6.08. The fraction of sp³-hybridized carbons (Fsp3) is 0.364. The fourth-order valence-corrected chi connectivity index (χ4v) is 4.03. The normalized spacial score (nSPS) is 14.5. The maximum Gasteiger partial charge on any atom is 0.341 e. The monoisotopic (exact) mass is 407 g/mol. The third-order valence-electron chi connectivity index (χ3n) is 5.31. The highest BCUT2D eigenvalue weighted by Crippen LogP contribution is 2.34. The van der Waals surface area contributed by atoms with Crippen molar-refractivity contribution in [2.24, 2.45) is 7.05 Å². The number of hydrogen-bond donors (Lipinski definition) is 0. The molecule has 0 saturated carbocycles. The van der Waals surface area contributed by atoms with E-state index in [0.29, 0.717) is 24.3 Å². The molecule has 0 bridgehead atoms. The lowest BCUT2D eigenvalue weighted by Gasteiger charge is -2.36. The van der Waals surface area contributed by atoms with Crippen LogP contribution in [0.4, 0.5) is 11.4 Å². The molecule has 8 heteroatoms. The third-order valence-corrected chi connectivity index (χ3v) is 5.31. The molecule has 3 heterocycles. The quantitative estimate of drug-likeness (QED) is 0.619. The molecule has 1 aliphatic heterocycles. The number of carbonyl (C=O) groups excluding carboxylic acids is 2. The summed E-state index contributed by atoms with van der Waals surface area (Å²) < 4.78 is 6.95. The Bertz CT molecular complexity index is 1140. The molecule has 156 valence electrons. The van der Waals surface area contributed by atoms with E-state index in [-0.39, 0.29) is 19.1 Å². The zero-order valence-electron chi connectivity index (χ0n) is 17.7. The number of ether oxygens (including phenoxy) is 1. The molecule has 3 aromatic rings. The van der Waals surface area contributed by atoms with E-state index >= 15 is 0 Å². The van der Waals surface area contributed by atoms with Gasteiger partial charge in [-0.15, -0.1) is 0 Å². The van der Waals surface area contributed by atoms with Crippen LogP contribution in [0.3, 0.4) is 0 Å². The number of hydrogen-bond acceptors (Lipinski definition) is 6. The zero-order valence-corrected chi connectivity index (χ0v) is 17.7. The van der Waals surface area contributed by atoms with Crippen molar-refractivity contribution in [3.05, 3.63) is 47.4 Å². The van der Waals surface area contributed by atoms with Gasteiger partial charge in [-0.05, 0) is 32.4 Å². The van der Waals surface area contributed by atoms with E-state index in [2.05, 4.69) is 16.1 Å². The number of fused-ring (bicyclic) bond motifs is 1. The van der Waals surface area contributed by atoms with E-state index in [1.54, 1.807) is 28.9 Å². The molecule has 0 aliphatic carbocycles. The van der Waals surface area contributed by atoms with Crippen molar-refractivity contribution in [3.63, 3.8) is 0 Å². The molecule has 1 aliphatic rings. The van der Waals surface area contributed by atoms with Crippen molar-refractivity contribution < 1.29 is 14.3 Å². The predicted molar refractivity (Wildman–Crippen MR) is 115 cm³/mol. The molecule has 4 rings (SSSR count). The minimum atomic E-state index is -0.428. The van der Waals surface area contributed by atoms with Gasteiger partial charge in [-0.2, -0.15) is 5.10 Å². The Hall–Kier alpha value is -3.42. The minimum Gasteiger partial charge on any atom is -0.462 e. The Morgan fingerprint density at radius 3 is 2.67 bits per heavy atom. The van der Waals surface area contributed by atoms with Crippen LogP contribution in [0.2, 0.25) is 0 Å². The summed E-state index contributed by atoms with van der Waals surface area (Å²) in [5.41, 5.74) is 4.80. The van der Waals surface area contributed by atoms with Gasteiger partial charge < -0.3 is 14.5 Å². The second-order valence-corrected chi connectivity index (χ2v) is 7.56. The van der Waals surface area contributed by atoms with Gasteiger partial charge in [-0.1, -0.05) is 11.6 Å². The number of aryl methyl sites for hydroxylation is 3. The minimum absolute atomic E-state index is 0.0432. The first-order valence-corrected chi connectivity index (χ1v) is 10.00. The number of nitrogens with zero attached hydrogens (tertiary/aromatic N) is 5. The highest BCUT2D eigenvalue weighted by Gasteiger charge is 2.30. The lowest BCUT2D eigenvalue weighted by Crippen LogP contribution is -2.51. The van der Waals surface area contributed by atoms with Crippen molar-refractivity contribution in [1.82, 2.24) is 14.8 Å². The number of esters is 1. The molecule has 8 nitrogen and oxygen atoms in total. The Morgan fingerprint density at radius 2 is 2.00 bits per heavy atom. The lowest BCUT2D eigenvalue weighted by atomic mass is 10.0. The summed E-state index contributed by atoms with van der Waals surface area (Å²) in [4.78, 5) is 33.9. The Morgan fingerprint density at radius 1 is 1.20 bits per heavy atom. The van der Waals surface area contributed by atoms with Crippen LogP contribution in [0.25, 0.3) is 10.9 Å². The molecule has 0 unspecified atom stereocenters. The standard InChI is InChI=1S/C22H25N5O3/c1-5-30-22(29)18-11-23-20-15(3)8-14(2)9-17(20)21(18)26-6-7-27(19(28)13-26)16-10-24-25(4)12-16/h8-12H,5-7,13H2,1-4H3. The van der Waals surface area contributed by atoms with Crippen LogP contribution in [-0.4, -0.2) is 52.9 Å². The SMILES string of the molecule is CCOC(=O)c1cnc2c(C)cc(C)cc2c1N1CCN(c2cnn(C)c2)C(=O)C1. The van der Waals surface area contributed by atoms with Crippen molar-refractivity contribution in [3.8, 4) is 0 Å². The van der Waals surface area contributed by atoms with Gasteiger partial charge in [0.2, 0.25) is 5.91 Å². The van der Waals surface area contributed by atoms with Gasteiger partial charge in [0.25, 0.3) is 0 Å². The number of aromatic nitrogens is 3. The molecule has 30 heavy (non-hydrogen) atoms. The van der Waals surface area contributed by atoms with E-state index in [1.807, 2.05) is 38.1 Å². The topological polar surface area (TPSA) is 80.6 Å². The summed E-state index contributed by atoms with van der Waals surface area (Å²) >= 11 is 0. The van der Waals surface area contributed by atoms with E-state index < -0.39 is 5.97 Å². The lowest BCUT2D eigenvalue weighted by molar-refractivity contribution is -0.117. The van der Waals surface area contributed by atoms with Crippen LogP contribution in [-0.2, 0) is 16.6 Å².